The number of carbonyl (C=O) groups excluding carboxylic acids is 1. The second-order valence-electron chi connectivity index (χ2n) is 4.23. The van der Waals surface area contributed by atoms with Gasteiger partial charge in [-0.3, -0.25) is 4.79 Å². The maximum absolute atomic E-state index is 12.3. The molecule has 0 saturated carbocycles. The highest BCUT2D eigenvalue weighted by Gasteiger charge is 2.29. The largest absolute Gasteiger partial charge is 0.406 e. The number of nitrogens with one attached hydrogen (secondary N) is 1. The van der Waals surface area contributed by atoms with E-state index < -0.39 is 18.6 Å². The molecular formula is C12H17F3N2O2. The molecular weight excluding hydrogens is 261 g/mol. The van der Waals surface area contributed by atoms with Crippen LogP contribution in [0.1, 0.15) is 30.3 Å². The highest BCUT2D eigenvalue weighted by atomic mass is 19.4. The van der Waals surface area contributed by atoms with Gasteiger partial charge in [-0.1, -0.05) is 6.92 Å². The minimum atomic E-state index is -4.37. The Labute approximate surface area is 109 Å². The van der Waals surface area contributed by atoms with Crippen LogP contribution in [-0.4, -0.2) is 34.4 Å². The molecule has 108 valence electrons. The molecule has 1 unspecified atom stereocenters. The first-order valence-electron chi connectivity index (χ1n) is 6.01. The number of alkyl halides is 3. The van der Waals surface area contributed by atoms with E-state index in [0.717, 1.165) is 4.57 Å². The molecule has 1 amide bonds. The third kappa shape index (κ3) is 4.94. The minimum Gasteiger partial charge on any atom is -0.396 e. The van der Waals surface area contributed by atoms with Crippen molar-refractivity contribution in [1.29, 1.82) is 0 Å². The molecule has 0 aliphatic rings. The van der Waals surface area contributed by atoms with Crippen LogP contribution in [0.25, 0.3) is 0 Å². The molecule has 0 radical (unpaired) electrons. The molecule has 19 heavy (non-hydrogen) atoms. The number of hydrogen-bond acceptors (Lipinski definition) is 2. The van der Waals surface area contributed by atoms with E-state index in [-0.39, 0.29) is 18.3 Å². The lowest BCUT2D eigenvalue weighted by Gasteiger charge is -2.17. The summed E-state index contributed by atoms with van der Waals surface area (Å²) < 4.78 is 37.8. The van der Waals surface area contributed by atoms with Crippen molar-refractivity contribution in [3.05, 3.63) is 24.0 Å². The quantitative estimate of drug-likeness (QED) is 0.835. The fourth-order valence-corrected chi connectivity index (χ4v) is 1.74. The number of halogens is 3. The zero-order valence-corrected chi connectivity index (χ0v) is 10.6. The predicted octanol–water partition coefficient (Wildman–Crippen LogP) is 1.94. The van der Waals surface area contributed by atoms with Crippen LogP contribution in [0.4, 0.5) is 13.2 Å². The van der Waals surface area contributed by atoms with Crippen LogP contribution in [0.2, 0.25) is 0 Å². The number of rotatable bonds is 6. The molecule has 1 aromatic rings. The molecule has 1 rings (SSSR count). The minimum absolute atomic E-state index is 0.0336. The number of hydrogen-bond donors (Lipinski definition) is 2. The van der Waals surface area contributed by atoms with Gasteiger partial charge in [0.1, 0.15) is 12.2 Å². The summed E-state index contributed by atoms with van der Waals surface area (Å²) in [5.74, 6) is -0.561. The van der Waals surface area contributed by atoms with Gasteiger partial charge >= 0.3 is 6.18 Å². The van der Waals surface area contributed by atoms with Crippen molar-refractivity contribution in [2.24, 2.45) is 0 Å². The Morgan fingerprint density at radius 3 is 2.74 bits per heavy atom. The zero-order valence-electron chi connectivity index (χ0n) is 10.6. The van der Waals surface area contributed by atoms with Gasteiger partial charge in [-0.05, 0) is 25.0 Å². The monoisotopic (exact) mass is 278 g/mol. The molecule has 0 saturated heterocycles. The van der Waals surface area contributed by atoms with Crippen molar-refractivity contribution >= 4 is 5.91 Å². The summed E-state index contributed by atoms with van der Waals surface area (Å²) in [6.45, 7) is 0.553. The maximum atomic E-state index is 12.3. The third-order valence-electron chi connectivity index (χ3n) is 2.72. The molecule has 0 spiro atoms. The van der Waals surface area contributed by atoms with Crippen molar-refractivity contribution in [3.8, 4) is 0 Å². The summed E-state index contributed by atoms with van der Waals surface area (Å²) in [4.78, 5) is 11.9. The Kier molecular flexibility index (Phi) is 5.41. The van der Waals surface area contributed by atoms with Gasteiger partial charge in [0.25, 0.3) is 5.91 Å². The Balaban J connectivity index is 2.74. The van der Waals surface area contributed by atoms with E-state index in [2.05, 4.69) is 5.32 Å². The van der Waals surface area contributed by atoms with Gasteiger partial charge in [-0.15, -0.1) is 0 Å². The number of aliphatic hydroxyl groups excluding tert-OH is 1. The lowest BCUT2D eigenvalue weighted by Crippen LogP contribution is -2.36. The normalized spacial score (nSPS) is 13.3. The SMILES string of the molecule is CCC(CCO)NC(=O)c1cccn1CC(F)(F)F. The van der Waals surface area contributed by atoms with Crippen LogP contribution in [-0.2, 0) is 6.54 Å². The molecule has 7 heteroatoms. The van der Waals surface area contributed by atoms with Crippen LogP contribution in [0, 0.1) is 0 Å². The fraction of sp³-hybridized carbons (Fsp3) is 0.583. The van der Waals surface area contributed by atoms with Gasteiger partial charge in [-0.25, -0.2) is 0 Å². The Bertz CT molecular complexity index is 415. The van der Waals surface area contributed by atoms with E-state index in [1.54, 1.807) is 0 Å². The molecule has 0 aliphatic carbocycles. The van der Waals surface area contributed by atoms with Gasteiger partial charge < -0.3 is 15.0 Å². The lowest BCUT2D eigenvalue weighted by molar-refractivity contribution is -0.140. The second-order valence-corrected chi connectivity index (χ2v) is 4.23. The van der Waals surface area contributed by atoms with Crippen LogP contribution < -0.4 is 5.32 Å². The first-order valence-corrected chi connectivity index (χ1v) is 6.01. The van der Waals surface area contributed by atoms with Crippen LogP contribution >= 0.6 is 0 Å². The van der Waals surface area contributed by atoms with E-state index in [1.807, 2.05) is 6.92 Å². The zero-order chi connectivity index (χ0) is 14.5. The molecule has 1 aromatic heterocycles. The topological polar surface area (TPSA) is 54.3 Å². The third-order valence-corrected chi connectivity index (χ3v) is 2.72. The number of nitrogens with zero attached hydrogens (tertiary/aromatic N) is 1. The van der Waals surface area contributed by atoms with E-state index in [9.17, 15) is 18.0 Å². The van der Waals surface area contributed by atoms with E-state index in [0.29, 0.717) is 12.8 Å². The van der Waals surface area contributed by atoms with Gasteiger partial charge in [0.05, 0.1) is 0 Å². The average molecular weight is 278 g/mol. The number of aliphatic hydroxyl groups is 1. The maximum Gasteiger partial charge on any atom is 0.406 e. The molecule has 1 atom stereocenters. The van der Waals surface area contributed by atoms with Crippen molar-refractivity contribution in [2.75, 3.05) is 6.61 Å². The molecule has 0 aliphatic heterocycles. The van der Waals surface area contributed by atoms with Crippen LogP contribution in [0.5, 0.6) is 0 Å². The average Bonchev–Trinajstić information content (AvgIpc) is 2.74. The number of amides is 1. The van der Waals surface area contributed by atoms with Gasteiger partial charge in [0.15, 0.2) is 0 Å². The van der Waals surface area contributed by atoms with Gasteiger partial charge in [0.2, 0.25) is 0 Å². The Hall–Kier alpha value is -1.50. The van der Waals surface area contributed by atoms with Crippen LogP contribution in [0.3, 0.4) is 0 Å². The van der Waals surface area contributed by atoms with Crippen LogP contribution in [0.15, 0.2) is 18.3 Å². The standard InChI is InChI=1S/C12H17F3N2O2/c1-2-9(5-7-18)16-11(19)10-4-3-6-17(10)8-12(13,14)15/h3-4,6,9,18H,2,5,7-8H2,1H3,(H,16,19). The summed E-state index contributed by atoms with van der Waals surface area (Å²) in [6, 6.07) is 2.49. The van der Waals surface area contributed by atoms with Gasteiger partial charge in [0, 0.05) is 18.8 Å². The molecule has 0 aromatic carbocycles. The summed E-state index contributed by atoms with van der Waals surface area (Å²) in [6.07, 6.45) is -2.17. The highest BCUT2D eigenvalue weighted by molar-refractivity contribution is 5.92. The first-order chi connectivity index (χ1) is 8.87. The Morgan fingerprint density at radius 2 is 2.21 bits per heavy atom. The summed E-state index contributed by atoms with van der Waals surface area (Å²) >= 11 is 0. The molecule has 4 nitrogen and oxygen atoms in total. The lowest BCUT2D eigenvalue weighted by atomic mass is 10.1. The highest BCUT2D eigenvalue weighted by Crippen LogP contribution is 2.19. The van der Waals surface area contributed by atoms with Crippen molar-refractivity contribution < 1.29 is 23.1 Å². The molecule has 0 fully saturated rings. The fourth-order valence-electron chi connectivity index (χ4n) is 1.74. The molecule has 2 N–H and O–H groups in total. The van der Waals surface area contributed by atoms with Crippen molar-refractivity contribution in [1.82, 2.24) is 9.88 Å². The van der Waals surface area contributed by atoms with Gasteiger partial charge in [-0.2, -0.15) is 13.2 Å². The smallest absolute Gasteiger partial charge is 0.396 e. The number of carbonyl (C=O) groups is 1. The van der Waals surface area contributed by atoms with Crippen molar-refractivity contribution in [2.45, 2.75) is 38.5 Å². The first kappa shape index (κ1) is 15.6. The summed E-state index contributed by atoms with van der Waals surface area (Å²) in [7, 11) is 0. The second kappa shape index (κ2) is 6.60. The Morgan fingerprint density at radius 1 is 1.53 bits per heavy atom. The van der Waals surface area contributed by atoms with E-state index >= 15 is 0 Å². The van der Waals surface area contributed by atoms with E-state index in [4.69, 9.17) is 5.11 Å². The van der Waals surface area contributed by atoms with Crippen molar-refractivity contribution in [3.63, 3.8) is 0 Å². The van der Waals surface area contributed by atoms with E-state index in [1.165, 1.54) is 18.3 Å². The summed E-state index contributed by atoms with van der Waals surface area (Å²) in [5.41, 5.74) is -0.0336. The number of aromatic nitrogens is 1. The summed E-state index contributed by atoms with van der Waals surface area (Å²) in [5, 5.41) is 11.4. The molecule has 0 bridgehead atoms. The molecule has 1 heterocycles. The predicted molar refractivity (Wildman–Crippen MR) is 63.7 cm³/mol.